The highest BCUT2D eigenvalue weighted by atomic mass is 35.5. The minimum Gasteiger partial charge on any atom is -0.383 e. The van der Waals surface area contributed by atoms with Gasteiger partial charge in [0.25, 0.3) is 5.56 Å². The Hall–Kier alpha value is -3.89. The Morgan fingerprint density at radius 2 is 1.86 bits per heavy atom. The van der Waals surface area contributed by atoms with E-state index in [2.05, 4.69) is 28.9 Å². The number of benzene rings is 2. The van der Waals surface area contributed by atoms with Crippen molar-refractivity contribution in [2.24, 2.45) is 0 Å². The Bertz CT molecular complexity index is 1610. The van der Waals surface area contributed by atoms with E-state index in [1.165, 1.54) is 41.6 Å². The average molecular weight is 596 g/mol. The number of nitrogens with one attached hydrogen (secondary N) is 1. The van der Waals surface area contributed by atoms with E-state index in [9.17, 15) is 18.8 Å². The number of hydrogen-bond acceptors (Lipinski definition) is 6. The van der Waals surface area contributed by atoms with Crippen LogP contribution in [-0.4, -0.2) is 64.2 Å². The van der Waals surface area contributed by atoms with Gasteiger partial charge in [0.2, 0.25) is 5.91 Å². The van der Waals surface area contributed by atoms with E-state index in [0.717, 1.165) is 41.9 Å². The molecule has 0 bridgehead atoms. The number of nitrogens with zero attached hydrogens (tertiary/aromatic N) is 4. The first-order valence-corrected chi connectivity index (χ1v) is 14.4. The largest absolute Gasteiger partial charge is 0.383 e. The maximum Gasteiger partial charge on any atom is 0.331 e. The van der Waals surface area contributed by atoms with Crippen molar-refractivity contribution >= 4 is 23.2 Å². The summed E-state index contributed by atoms with van der Waals surface area (Å²) < 4.78 is 21.7. The van der Waals surface area contributed by atoms with Crippen molar-refractivity contribution in [3.63, 3.8) is 0 Å². The van der Waals surface area contributed by atoms with Crippen LogP contribution in [0.3, 0.4) is 0 Å². The lowest BCUT2D eigenvalue weighted by molar-refractivity contribution is -0.133. The molecule has 222 valence electrons. The summed E-state index contributed by atoms with van der Waals surface area (Å²) in [5, 5.41) is 3.21. The van der Waals surface area contributed by atoms with E-state index in [1.54, 1.807) is 11.8 Å². The number of hydrogen-bond donors (Lipinski definition) is 1. The highest BCUT2D eigenvalue weighted by molar-refractivity contribution is 6.33. The number of methoxy groups -OCH3 is 1. The molecule has 0 radical (unpaired) electrons. The predicted octanol–water partition coefficient (Wildman–Crippen LogP) is 4.11. The van der Waals surface area contributed by atoms with E-state index < -0.39 is 23.1 Å². The standard InChI is InChI=1S/C31H35ClFN5O4/c1-20(19-42-3)38-30(40)25(24-8-6-9-26(33)29(24)32)17-36(31(38)41)18-28(39)35-14-12-23(13-15-35)37-16-11-22-7-4-5-10-27(22)34-21(37)2/h4-10,17,20,23,34H,2,11-16,18-19H2,1,3H3/t20-/m1/s1. The molecule has 1 atom stereocenters. The molecule has 0 unspecified atom stereocenters. The van der Waals surface area contributed by atoms with E-state index in [0.29, 0.717) is 13.1 Å². The summed E-state index contributed by atoms with van der Waals surface area (Å²) >= 11 is 6.21. The second kappa shape index (κ2) is 12.5. The Balaban J connectivity index is 1.34. The van der Waals surface area contributed by atoms with Crippen LogP contribution in [0.25, 0.3) is 11.1 Å². The Labute approximate surface area is 248 Å². The van der Waals surface area contributed by atoms with E-state index in [-0.39, 0.29) is 41.3 Å². The van der Waals surface area contributed by atoms with Crippen LogP contribution in [0.5, 0.6) is 0 Å². The Kier molecular flexibility index (Phi) is 8.84. The van der Waals surface area contributed by atoms with Gasteiger partial charge in [-0.1, -0.05) is 48.5 Å². The first-order valence-electron chi connectivity index (χ1n) is 14.1. The van der Waals surface area contributed by atoms with Crippen LogP contribution < -0.4 is 16.6 Å². The molecule has 1 fully saturated rings. The molecule has 1 saturated heterocycles. The second-order valence-electron chi connectivity index (χ2n) is 10.8. The SMILES string of the molecule is C=C1Nc2ccccc2CCN1C1CCN(C(=O)Cn2cc(-c3cccc(F)c3Cl)c(=O)n([C@H](C)COC)c2=O)CC1. The molecule has 42 heavy (non-hydrogen) atoms. The van der Waals surface area contributed by atoms with Crippen molar-refractivity contribution in [3.05, 3.63) is 98.3 Å². The van der Waals surface area contributed by atoms with Gasteiger partial charge in [0.05, 0.1) is 29.1 Å². The van der Waals surface area contributed by atoms with Crippen LogP contribution in [0.4, 0.5) is 10.1 Å². The van der Waals surface area contributed by atoms with Crippen LogP contribution in [0, 0.1) is 5.82 Å². The summed E-state index contributed by atoms with van der Waals surface area (Å²) in [6.45, 7) is 7.65. The number of halogens is 2. The summed E-state index contributed by atoms with van der Waals surface area (Å²) in [6.07, 6.45) is 3.72. The van der Waals surface area contributed by atoms with Gasteiger partial charge in [-0.05, 0) is 43.9 Å². The molecule has 1 N–H and O–H groups in total. The maximum absolute atomic E-state index is 14.3. The van der Waals surface area contributed by atoms with Crippen LogP contribution in [-0.2, 0) is 22.5 Å². The van der Waals surface area contributed by atoms with Crippen LogP contribution >= 0.6 is 11.6 Å². The van der Waals surface area contributed by atoms with Gasteiger partial charge in [0.1, 0.15) is 12.4 Å². The van der Waals surface area contributed by atoms with E-state index in [4.69, 9.17) is 16.3 Å². The number of para-hydroxylation sites is 1. The van der Waals surface area contributed by atoms with Crippen molar-refractivity contribution < 1.29 is 13.9 Å². The lowest BCUT2D eigenvalue weighted by atomic mass is 10.0. The molecule has 5 rings (SSSR count). The fourth-order valence-electron chi connectivity index (χ4n) is 5.87. The van der Waals surface area contributed by atoms with Gasteiger partial charge in [0.15, 0.2) is 0 Å². The molecule has 2 aromatic carbocycles. The third-order valence-electron chi connectivity index (χ3n) is 8.10. The number of anilines is 1. The third kappa shape index (κ3) is 5.87. The first kappa shape index (κ1) is 29.6. The van der Waals surface area contributed by atoms with Gasteiger partial charge in [-0.15, -0.1) is 0 Å². The molecular formula is C31H35ClFN5O4. The number of amides is 1. The first-order chi connectivity index (χ1) is 20.2. The monoisotopic (exact) mass is 595 g/mol. The zero-order chi connectivity index (χ0) is 30.0. The summed E-state index contributed by atoms with van der Waals surface area (Å²) in [4.78, 5) is 44.4. The minimum atomic E-state index is -0.687. The predicted molar refractivity (Wildman–Crippen MR) is 161 cm³/mol. The molecule has 0 aliphatic carbocycles. The van der Waals surface area contributed by atoms with Crippen molar-refractivity contribution in [2.45, 2.75) is 44.8 Å². The fourth-order valence-corrected chi connectivity index (χ4v) is 6.10. The van der Waals surface area contributed by atoms with Gasteiger partial charge in [0, 0.05) is 50.2 Å². The minimum absolute atomic E-state index is 0.0294. The molecule has 2 aliphatic rings. The number of aromatic nitrogens is 2. The van der Waals surface area contributed by atoms with Crippen molar-refractivity contribution in [1.82, 2.24) is 18.9 Å². The van der Waals surface area contributed by atoms with Crippen molar-refractivity contribution in [1.29, 1.82) is 0 Å². The quantitative estimate of drug-likeness (QED) is 0.442. The van der Waals surface area contributed by atoms with Crippen LogP contribution in [0.2, 0.25) is 5.02 Å². The second-order valence-corrected chi connectivity index (χ2v) is 11.2. The number of piperidine rings is 1. The molecule has 1 aromatic heterocycles. The maximum atomic E-state index is 14.3. The molecule has 3 heterocycles. The number of carbonyl (C=O) groups excluding carboxylic acids is 1. The smallest absolute Gasteiger partial charge is 0.331 e. The number of likely N-dealkylation sites (tertiary alicyclic amines) is 1. The number of carbonyl (C=O) groups is 1. The van der Waals surface area contributed by atoms with Crippen LogP contribution in [0.15, 0.2) is 70.7 Å². The molecule has 9 nitrogen and oxygen atoms in total. The van der Waals surface area contributed by atoms with Crippen molar-refractivity contribution in [3.8, 4) is 11.1 Å². The molecule has 0 saturated carbocycles. The third-order valence-corrected chi connectivity index (χ3v) is 8.49. The summed E-state index contributed by atoms with van der Waals surface area (Å²) in [6, 6.07) is 12.0. The Morgan fingerprint density at radius 3 is 2.60 bits per heavy atom. The molecular weight excluding hydrogens is 561 g/mol. The van der Waals surface area contributed by atoms with Crippen molar-refractivity contribution in [2.75, 3.05) is 38.7 Å². The van der Waals surface area contributed by atoms with E-state index in [1.807, 2.05) is 12.1 Å². The Morgan fingerprint density at radius 1 is 1.12 bits per heavy atom. The molecule has 11 heteroatoms. The molecule has 2 aliphatic heterocycles. The van der Waals surface area contributed by atoms with Gasteiger partial charge in [-0.3, -0.25) is 18.7 Å². The van der Waals surface area contributed by atoms with Gasteiger partial charge < -0.3 is 19.9 Å². The van der Waals surface area contributed by atoms with Gasteiger partial charge in [-0.25, -0.2) is 9.18 Å². The van der Waals surface area contributed by atoms with E-state index >= 15 is 0 Å². The zero-order valence-corrected chi connectivity index (χ0v) is 24.6. The highest BCUT2D eigenvalue weighted by Crippen LogP contribution is 2.29. The highest BCUT2D eigenvalue weighted by Gasteiger charge is 2.30. The summed E-state index contributed by atoms with van der Waals surface area (Å²) in [5.41, 5.74) is 1.23. The lowest BCUT2D eigenvalue weighted by Crippen LogP contribution is -2.49. The molecule has 1 amide bonds. The fraction of sp³-hybridized carbons (Fsp3) is 0.387. The van der Waals surface area contributed by atoms with Gasteiger partial charge in [-0.2, -0.15) is 0 Å². The number of ether oxygens (including phenoxy) is 1. The summed E-state index contributed by atoms with van der Waals surface area (Å²) in [7, 11) is 1.47. The normalized spacial score (nSPS) is 16.5. The van der Waals surface area contributed by atoms with Crippen LogP contribution in [0.1, 0.15) is 31.4 Å². The molecule has 3 aromatic rings. The number of rotatable bonds is 7. The lowest BCUT2D eigenvalue weighted by Gasteiger charge is -2.40. The average Bonchev–Trinajstić information content (AvgIpc) is 3.14. The topological polar surface area (TPSA) is 88.8 Å². The summed E-state index contributed by atoms with van der Waals surface area (Å²) in [5.74, 6) is -0.0724. The zero-order valence-electron chi connectivity index (χ0n) is 23.8. The molecule has 0 spiro atoms. The van der Waals surface area contributed by atoms with Gasteiger partial charge >= 0.3 is 5.69 Å². The number of fused-ring (bicyclic) bond motifs is 1.